The zero-order valence-electron chi connectivity index (χ0n) is 13.5. The summed E-state index contributed by atoms with van der Waals surface area (Å²) in [6.45, 7) is 0.534. The number of nitrogens with zero attached hydrogens (tertiary/aromatic N) is 2. The van der Waals surface area contributed by atoms with Crippen LogP contribution in [-0.4, -0.2) is 28.5 Å². The molecule has 1 atom stereocenters. The standard InChI is InChI=1S/C18H14Cl2N4O2/c19-12-6-5-10(9-13(12)20)24-8-7-15(17(24)26)22-18-21-14-4-2-1-3-11(14)16(25)23-18/h1-6,9,15H,7-8H2,(H2,21,22,23,25). The van der Waals surface area contributed by atoms with E-state index in [0.717, 1.165) is 0 Å². The molecule has 26 heavy (non-hydrogen) atoms. The summed E-state index contributed by atoms with van der Waals surface area (Å²) in [5.74, 6) is 0.169. The van der Waals surface area contributed by atoms with Crippen molar-refractivity contribution in [3.63, 3.8) is 0 Å². The summed E-state index contributed by atoms with van der Waals surface area (Å²) in [4.78, 5) is 33.6. The molecule has 1 unspecified atom stereocenters. The monoisotopic (exact) mass is 388 g/mol. The lowest BCUT2D eigenvalue weighted by atomic mass is 10.2. The van der Waals surface area contributed by atoms with Crippen molar-refractivity contribution in [3.8, 4) is 0 Å². The van der Waals surface area contributed by atoms with Crippen molar-refractivity contribution in [3.05, 3.63) is 62.9 Å². The molecule has 1 aromatic heterocycles. The number of carbonyl (C=O) groups is 1. The van der Waals surface area contributed by atoms with E-state index in [0.29, 0.717) is 39.6 Å². The fourth-order valence-corrected chi connectivity index (χ4v) is 3.34. The van der Waals surface area contributed by atoms with E-state index in [2.05, 4.69) is 15.3 Å². The highest BCUT2D eigenvalue weighted by Crippen LogP contribution is 2.30. The molecule has 2 aromatic carbocycles. The minimum atomic E-state index is -0.478. The third kappa shape index (κ3) is 3.02. The first kappa shape index (κ1) is 16.9. The zero-order chi connectivity index (χ0) is 18.3. The SMILES string of the molecule is O=C1C(Nc2nc3ccccc3c(=O)[nH]2)CCN1c1ccc(Cl)c(Cl)c1. The number of hydrogen-bond donors (Lipinski definition) is 2. The lowest BCUT2D eigenvalue weighted by molar-refractivity contribution is -0.117. The number of halogens is 2. The van der Waals surface area contributed by atoms with Crippen molar-refractivity contribution in [2.45, 2.75) is 12.5 Å². The first-order chi connectivity index (χ1) is 12.5. The second kappa shape index (κ2) is 6.63. The van der Waals surface area contributed by atoms with Gasteiger partial charge in [0.2, 0.25) is 11.9 Å². The van der Waals surface area contributed by atoms with Crippen LogP contribution in [0.15, 0.2) is 47.3 Å². The molecule has 0 bridgehead atoms. The lowest BCUT2D eigenvalue weighted by Crippen LogP contribution is -2.34. The van der Waals surface area contributed by atoms with E-state index >= 15 is 0 Å². The second-order valence-corrected chi connectivity index (χ2v) is 6.82. The fourth-order valence-electron chi connectivity index (χ4n) is 3.04. The van der Waals surface area contributed by atoms with Gasteiger partial charge in [-0.1, -0.05) is 35.3 Å². The maximum Gasteiger partial charge on any atom is 0.260 e. The molecule has 132 valence electrons. The van der Waals surface area contributed by atoms with E-state index in [1.165, 1.54) is 0 Å². The molecule has 1 fully saturated rings. The van der Waals surface area contributed by atoms with Crippen LogP contribution in [0, 0.1) is 0 Å². The average Bonchev–Trinajstić information content (AvgIpc) is 2.98. The normalized spacial score (nSPS) is 17.1. The Morgan fingerprint density at radius 2 is 1.92 bits per heavy atom. The Labute approximate surface area is 158 Å². The number of anilines is 2. The molecule has 1 amide bonds. The minimum absolute atomic E-state index is 0.112. The molecule has 4 rings (SSSR count). The molecule has 1 saturated heterocycles. The summed E-state index contributed by atoms with van der Waals surface area (Å²) >= 11 is 12.0. The largest absolute Gasteiger partial charge is 0.344 e. The third-order valence-electron chi connectivity index (χ3n) is 4.34. The van der Waals surface area contributed by atoms with E-state index in [-0.39, 0.29) is 17.4 Å². The predicted octanol–water partition coefficient (Wildman–Crippen LogP) is 3.45. The van der Waals surface area contributed by atoms with Crippen LogP contribution in [0.2, 0.25) is 10.0 Å². The summed E-state index contributed by atoms with van der Waals surface area (Å²) in [6, 6.07) is 11.7. The summed E-state index contributed by atoms with van der Waals surface area (Å²) < 4.78 is 0. The van der Waals surface area contributed by atoms with Crippen molar-refractivity contribution in [2.75, 3.05) is 16.8 Å². The Hall–Kier alpha value is -2.57. The number of amides is 1. The molecule has 0 radical (unpaired) electrons. The smallest absolute Gasteiger partial charge is 0.260 e. The highest BCUT2D eigenvalue weighted by atomic mass is 35.5. The van der Waals surface area contributed by atoms with Crippen LogP contribution < -0.4 is 15.8 Å². The number of aromatic amines is 1. The number of carbonyl (C=O) groups excluding carboxylic acids is 1. The Balaban J connectivity index is 1.57. The Kier molecular flexibility index (Phi) is 4.30. The van der Waals surface area contributed by atoms with Gasteiger partial charge < -0.3 is 10.2 Å². The molecule has 3 aromatic rings. The Morgan fingerprint density at radius 1 is 1.12 bits per heavy atom. The highest BCUT2D eigenvalue weighted by Gasteiger charge is 2.33. The van der Waals surface area contributed by atoms with Gasteiger partial charge >= 0.3 is 0 Å². The maximum absolute atomic E-state index is 12.7. The Morgan fingerprint density at radius 3 is 2.73 bits per heavy atom. The molecule has 0 saturated carbocycles. The maximum atomic E-state index is 12.7. The van der Waals surface area contributed by atoms with Crippen LogP contribution in [0.4, 0.5) is 11.6 Å². The zero-order valence-corrected chi connectivity index (χ0v) is 15.0. The van der Waals surface area contributed by atoms with E-state index in [4.69, 9.17) is 23.2 Å². The number of benzene rings is 2. The van der Waals surface area contributed by atoms with Crippen LogP contribution in [0.25, 0.3) is 10.9 Å². The van der Waals surface area contributed by atoms with Gasteiger partial charge in [-0.2, -0.15) is 0 Å². The summed E-state index contributed by atoms with van der Waals surface area (Å²) in [5, 5.41) is 4.38. The van der Waals surface area contributed by atoms with Crippen molar-refractivity contribution in [1.29, 1.82) is 0 Å². The summed E-state index contributed by atoms with van der Waals surface area (Å²) in [7, 11) is 0. The topological polar surface area (TPSA) is 78.1 Å². The molecule has 1 aliphatic rings. The van der Waals surface area contributed by atoms with Gasteiger partial charge in [-0.05, 0) is 36.8 Å². The molecule has 8 heteroatoms. The van der Waals surface area contributed by atoms with Crippen LogP contribution in [0.5, 0.6) is 0 Å². The van der Waals surface area contributed by atoms with Gasteiger partial charge in [0.05, 0.1) is 20.9 Å². The fraction of sp³-hybridized carbons (Fsp3) is 0.167. The van der Waals surface area contributed by atoms with Gasteiger partial charge in [0.25, 0.3) is 5.56 Å². The average molecular weight is 389 g/mol. The van der Waals surface area contributed by atoms with Crippen molar-refractivity contribution < 1.29 is 4.79 Å². The van der Waals surface area contributed by atoms with Crippen molar-refractivity contribution in [1.82, 2.24) is 9.97 Å². The number of hydrogen-bond acceptors (Lipinski definition) is 4. The minimum Gasteiger partial charge on any atom is -0.344 e. The third-order valence-corrected chi connectivity index (χ3v) is 5.08. The van der Waals surface area contributed by atoms with Gasteiger partial charge in [-0.15, -0.1) is 0 Å². The number of H-pyrrole nitrogens is 1. The number of aromatic nitrogens is 2. The molecule has 2 N–H and O–H groups in total. The number of rotatable bonds is 3. The number of nitrogens with one attached hydrogen (secondary N) is 2. The Bertz CT molecular complexity index is 1070. The second-order valence-electron chi connectivity index (χ2n) is 6.01. The molecule has 2 heterocycles. The van der Waals surface area contributed by atoms with E-state index in [1.807, 2.05) is 6.07 Å². The summed E-state index contributed by atoms with van der Waals surface area (Å²) in [6.07, 6.45) is 0.579. The van der Waals surface area contributed by atoms with Crippen LogP contribution in [0.1, 0.15) is 6.42 Å². The van der Waals surface area contributed by atoms with E-state index in [9.17, 15) is 9.59 Å². The predicted molar refractivity (Wildman–Crippen MR) is 103 cm³/mol. The first-order valence-electron chi connectivity index (χ1n) is 8.05. The molecule has 6 nitrogen and oxygen atoms in total. The van der Waals surface area contributed by atoms with Gasteiger partial charge in [0.15, 0.2) is 0 Å². The van der Waals surface area contributed by atoms with Crippen LogP contribution in [-0.2, 0) is 4.79 Å². The van der Waals surface area contributed by atoms with Crippen LogP contribution in [0.3, 0.4) is 0 Å². The van der Waals surface area contributed by atoms with E-state index < -0.39 is 6.04 Å². The quantitative estimate of drug-likeness (QED) is 0.720. The van der Waals surface area contributed by atoms with Gasteiger partial charge in [-0.3, -0.25) is 14.6 Å². The first-order valence-corrected chi connectivity index (χ1v) is 8.80. The molecule has 0 aliphatic carbocycles. The molecular weight excluding hydrogens is 375 g/mol. The number of para-hydroxylation sites is 1. The van der Waals surface area contributed by atoms with Gasteiger partial charge in [0, 0.05) is 12.2 Å². The molecule has 1 aliphatic heterocycles. The molecular formula is C18H14Cl2N4O2. The van der Waals surface area contributed by atoms with Crippen molar-refractivity contribution in [2.24, 2.45) is 0 Å². The summed E-state index contributed by atoms with van der Waals surface area (Å²) in [5.41, 5.74) is 1.02. The van der Waals surface area contributed by atoms with Gasteiger partial charge in [-0.25, -0.2) is 4.98 Å². The molecule has 0 spiro atoms. The highest BCUT2D eigenvalue weighted by molar-refractivity contribution is 6.42. The lowest BCUT2D eigenvalue weighted by Gasteiger charge is -2.18. The van der Waals surface area contributed by atoms with Gasteiger partial charge in [0.1, 0.15) is 6.04 Å². The van der Waals surface area contributed by atoms with E-state index in [1.54, 1.807) is 41.3 Å². The van der Waals surface area contributed by atoms with Crippen LogP contribution >= 0.6 is 23.2 Å². The number of fused-ring (bicyclic) bond motifs is 1. The van der Waals surface area contributed by atoms with Crippen molar-refractivity contribution >= 4 is 51.6 Å².